The van der Waals surface area contributed by atoms with E-state index in [1.165, 1.54) is 29.8 Å². The molecule has 1 atom stereocenters. The van der Waals surface area contributed by atoms with E-state index in [1.807, 2.05) is 24.3 Å². The van der Waals surface area contributed by atoms with Crippen LogP contribution in [-0.4, -0.2) is 34.5 Å². The van der Waals surface area contributed by atoms with Gasteiger partial charge in [-0.3, -0.25) is 0 Å². The second kappa shape index (κ2) is 6.97. The Hall–Kier alpha value is -2.58. The number of nitrogens with zero attached hydrogens (tertiary/aromatic N) is 4. The van der Waals surface area contributed by atoms with Crippen LogP contribution in [0.5, 0.6) is 0 Å². The van der Waals surface area contributed by atoms with Crippen LogP contribution in [0.1, 0.15) is 24.1 Å². The molecule has 3 aromatic rings. The first-order chi connectivity index (χ1) is 12.3. The van der Waals surface area contributed by atoms with Gasteiger partial charge in [-0.1, -0.05) is 18.2 Å². The number of rotatable bonds is 5. The molecule has 2 aromatic carbocycles. The molecule has 0 N–H and O–H groups in total. The summed E-state index contributed by atoms with van der Waals surface area (Å²) in [5.74, 6) is -0.754. The van der Waals surface area contributed by atoms with E-state index in [0.717, 1.165) is 11.3 Å². The molecule has 0 saturated heterocycles. The maximum absolute atomic E-state index is 14.1. The van der Waals surface area contributed by atoms with Gasteiger partial charge in [0.15, 0.2) is 0 Å². The third-order valence-corrected chi connectivity index (χ3v) is 6.29. The summed E-state index contributed by atoms with van der Waals surface area (Å²) < 4.78 is 42.5. The number of sulfonamides is 1. The minimum atomic E-state index is -3.96. The molecule has 3 rings (SSSR count). The summed E-state index contributed by atoms with van der Waals surface area (Å²) in [6, 6.07) is 10.9. The van der Waals surface area contributed by atoms with Crippen molar-refractivity contribution in [3.8, 4) is 5.69 Å². The molecule has 0 aliphatic rings. The van der Waals surface area contributed by atoms with Crippen molar-refractivity contribution < 1.29 is 12.8 Å². The van der Waals surface area contributed by atoms with Gasteiger partial charge in [0.05, 0.1) is 5.69 Å². The van der Waals surface area contributed by atoms with Gasteiger partial charge in [-0.2, -0.15) is 9.40 Å². The lowest BCUT2D eigenvalue weighted by atomic mass is 10.1. The molecule has 0 bridgehead atoms. The molecule has 1 aromatic heterocycles. The van der Waals surface area contributed by atoms with Crippen LogP contribution in [0.25, 0.3) is 5.69 Å². The first-order valence-corrected chi connectivity index (χ1v) is 9.44. The zero-order chi connectivity index (χ0) is 18.9. The lowest BCUT2D eigenvalue weighted by Gasteiger charge is -2.25. The number of aryl methyl sites for hydroxylation is 1. The monoisotopic (exact) mass is 374 g/mol. The van der Waals surface area contributed by atoms with Crippen molar-refractivity contribution in [3.63, 3.8) is 0 Å². The maximum Gasteiger partial charge on any atom is 0.246 e. The fourth-order valence-corrected chi connectivity index (χ4v) is 4.13. The van der Waals surface area contributed by atoms with Gasteiger partial charge >= 0.3 is 0 Å². The molecule has 8 heteroatoms. The van der Waals surface area contributed by atoms with Crippen molar-refractivity contribution in [1.29, 1.82) is 0 Å². The van der Waals surface area contributed by atoms with E-state index >= 15 is 0 Å². The van der Waals surface area contributed by atoms with Crippen LogP contribution < -0.4 is 0 Å². The smallest absolute Gasteiger partial charge is 0.223 e. The number of hydrogen-bond acceptors (Lipinski definition) is 4. The van der Waals surface area contributed by atoms with E-state index < -0.39 is 21.9 Å². The van der Waals surface area contributed by atoms with Crippen LogP contribution >= 0.6 is 0 Å². The van der Waals surface area contributed by atoms with E-state index in [4.69, 9.17) is 0 Å². The Labute approximate surface area is 152 Å². The van der Waals surface area contributed by atoms with Crippen molar-refractivity contribution in [2.45, 2.75) is 24.8 Å². The van der Waals surface area contributed by atoms with Crippen molar-refractivity contribution in [1.82, 2.24) is 19.1 Å². The van der Waals surface area contributed by atoms with Crippen LogP contribution in [0, 0.1) is 12.7 Å². The Morgan fingerprint density at radius 3 is 2.46 bits per heavy atom. The number of halogens is 1. The van der Waals surface area contributed by atoms with Crippen molar-refractivity contribution in [3.05, 3.63) is 72.1 Å². The normalized spacial score (nSPS) is 13.1. The Morgan fingerprint density at radius 1 is 1.15 bits per heavy atom. The second-order valence-corrected chi connectivity index (χ2v) is 8.03. The summed E-state index contributed by atoms with van der Waals surface area (Å²) in [4.78, 5) is 3.58. The third-order valence-electron chi connectivity index (χ3n) is 4.35. The summed E-state index contributed by atoms with van der Waals surface area (Å²) in [6.45, 7) is 3.49. The minimum Gasteiger partial charge on any atom is -0.223 e. The first-order valence-electron chi connectivity index (χ1n) is 8.00. The van der Waals surface area contributed by atoms with Gasteiger partial charge < -0.3 is 0 Å². The highest BCUT2D eigenvalue weighted by atomic mass is 32.2. The average Bonchev–Trinajstić information content (AvgIpc) is 3.17. The van der Waals surface area contributed by atoms with Gasteiger partial charge in [-0.25, -0.2) is 22.5 Å². The fourth-order valence-electron chi connectivity index (χ4n) is 2.63. The quantitative estimate of drug-likeness (QED) is 0.688. The van der Waals surface area contributed by atoms with Gasteiger partial charge in [0, 0.05) is 13.1 Å². The standard InChI is InChI=1S/C18H19FN4O2S/c1-13-4-9-17(19)18(10-13)26(24,25)22(3)14(2)15-5-7-16(8-6-15)23-12-20-11-21-23/h4-12,14H,1-3H3. The molecule has 0 aliphatic heterocycles. The summed E-state index contributed by atoms with van der Waals surface area (Å²) in [7, 11) is -2.51. The topological polar surface area (TPSA) is 68.1 Å². The van der Waals surface area contributed by atoms with Gasteiger partial charge in [-0.05, 0) is 49.2 Å². The lowest BCUT2D eigenvalue weighted by Crippen LogP contribution is -2.30. The van der Waals surface area contributed by atoms with Crippen molar-refractivity contribution in [2.24, 2.45) is 0 Å². The molecule has 1 unspecified atom stereocenters. The van der Waals surface area contributed by atoms with Crippen LogP contribution in [0.3, 0.4) is 0 Å². The Kier molecular flexibility index (Phi) is 4.88. The Balaban J connectivity index is 1.89. The molecule has 26 heavy (non-hydrogen) atoms. The summed E-state index contributed by atoms with van der Waals surface area (Å²) in [5.41, 5.74) is 2.28. The summed E-state index contributed by atoms with van der Waals surface area (Å²) in [6.07, 6.45) is 3.02. The molecular formula is C18H19FN4O2S. The number of aromatic nitrogens is 3. The van der Waals surface area contributed by atoms with Crippen LogP contribution in [0.15, 0.2) is 60.0 Å². The minimum absolute atomic E-state index is 0.314. The van der Waals surface area contributed by atoms with Crippen LogP contribution in [-0.2, 0) is 10.0 Å². The SMILES string of the molecule is Cc1ccc(F)c(S(=O)(=O)N(C)C(C)c2ccc(-n3cncn3)cc2)c1. The predicted octanol–water partition coefficient (Wildman–Crippen LogP) is 3.10. The average molecular weight is 374 g/mol. The molecule has 0 radical (unpaired) electrons. The summed E-state index contributed by atoms with van der Waals surface area (Å²) in [5, 5.41) is 4.05. The number of benzene rings is 2. The fraction of sp³-hybridized carbons (Fsp3) is 0.222. The Morgan fingerprint density at radius 2 is 1.85 bits per heavy atom. The summed E-state index contributed by atoms with van der Waals surface area (Å²) >= 11 is 0. The van der Waals surface area contributed by atoms with E-state index in [9.17, 15) is 12.8 Å². The zero-order valence-electron chi connectivity index (χ0n) is 14.7. The largest absolute Gasteiger partial charge is 0.246 e. The third kappa shape index (κ3) is 3.38. The van der Waals surface area contributed by atoms with Crippen molar-refractivity contribution in [2.75, 3.05) is 7.05 Å². The zero-order valence-corrected chi connectivity index (χ0v) is 15.5. The van der Waals surface area contributed by atoms with Gasteiger partial charge in [0.25, 0.3) is 0 Å². The number of hydrogen-bond donors (Lipinski definition) is 0. The molecule has 0 aliphatic carbocycles. The molecule has 136 valence electrons. The molecule has 0 fully saturated rings. The van der Waals surface area contributed by atoms with Crippen LogP contribution in [0.2, 0.25) is 0 Å². The Bertz CT molecular complexity index is 1000. The van der Waals surface area contributed by atoms with Gasteiger partial charge in [-0.15, -0.1) is 0 Å². The molecule has 0 amide bonds. The second-order valence-electron chi connectivity index (χ2n) is 6.06. The van der Waals surface area contributed by atoms with Crippen molar-refractivity contribution >= 4 is 10.0 Å². The highest BCUT2D eigenvalue weighted by Crippen LogP contribution is 2.28. The van der Waals surface area contributed by atoms with E-state index in [1.54, 1.807) is 30.9 Å². The molecule has 1 heterocycles. The molecule has 0 spiro atoms. The highest BCUT2D eigenvalue weighted by Gasteiger charge is 2.29. The van der Waals surface area contributed by atoms with Gasteiger partial charge in [0.1, 0.15) is 23.4 Å². The molecule has 6 nitrogen and oxygen atoms in total. The highest BCUT2D eigenvalue weighted by molar-refractivity contribution is 7.89. The van der Waals surface area contributed by atoms with E-state index in [0.29, 0.717) is 5.56 Å². The first kappa shape index (κ1) is 18.2. The molecular weight excluding hydrogens is 355 g/mol. The lowest BCUT2D eigenvalue weighted by molar-refractivity contribution is 0.395. The maximum atomic E-state index is 14.1. The van der Waals surface area contributed by atoms with E-state index in [2.05, 4.69) is 10.1 Å². The molecule has 0 saturated carbocycles. The van der Waals surface area contributed by atoms with E-state index in [-0.39, 0.29) is 4.90 Å². The van der Waals surface area contributed by atoms with Gasteiger partial charge in [0.2, 0.25) is 10.0 Å². The van der Waals surface area contributed by atoms with Crippen LogP contribution in [0.4, 0.5) is 4.39 Å². The predicted molar refractivity (Wildman–Crippen MR) is 95.9 cm³/mol.